The first-order valence-corrected chi connectivity index (χ1v) is 7.38. The smallest absolute Gasteiger partial charge is 0.230 e. The third kappa shape index (κ3) is 5.76. The molecule has 1 atom stereocenters. The second-order valence-corrected chi connectivity index (χ2v) is 5.90. The van der Waals surface area contributed by atoms with Crippen LogP contribution in [0.15, 0.2) is 24.3 Å². The van der Waals surface area contributed by atoms with Gasteiger partial charge in [0.05, 0.1) is 5.75 Å². The molecule has 1 unspecified atom stereocenters. The molecule has 0 fully saturated rings. The van der Waals surface area contributed by atoms with Crippen molar-refractivity contribution in [3.63, 3.8) is 0 Å². The van der Waals surface area contributed by atoms with Gasteiger partial charge in [-0.3, -0.25) is 4.79 Å². The van der Waals surface area contributed by atoms with Crippen molar-refractivity contribution in [3.8, 4) is 0 Å². The summed E-state index contributed by atoms with van der Waals surface area (Å²) in [6, 6.07) is 7.51. The van der Waals surface area contributed by atoms with Crippen molar-refractivity contribution in [2.24, 2.45) is 5.73 Å². The number of hydrogen-bond donors (Lipinski definition) is 2. The Hall–Kier alpha value is -0.710. The fourth-order valence-corrected chi connectivity index (χ4v) is 2.47. The molecule has 1 amide bonds. The van der Waals surface area contributed by atoms with Gasteiger partial charge in [0.1, 0.15) is 0 Å². The quantitative estimate of drug-likeness (QED) is 0.809. The van der Waals surface area contributed by atoms with Crippen molar-refractivity contribution in [1.29, 1.82) is 0 Å². The van der Waals surface area contributed by atoms with Crippen LogP contribution >= 0.6 is 23.4 Å². The minimum absolute atomic E-state index is 0.0313. The molecule has 0 saturated heterocycles. The predicted octanol–water partition coefficient (Wildman–Crippen LogP) is 2.43. The lowest BCUT2D eigenvalue weighted by Gasteiger charge is -2.10. The maximum Gasteiger partial charge on any atom is 0.230 e. The van der Waals surface area contributed by atoms with E-state index >= 15 is 0 Å². The largest absolute Gasteiger partial charge is 0.351 e. The fourth-order valence-electron chi connectivity index (χ4n) is 1.42. The summed E-state index contributed by atoms with van der Waals surface area (Å²) in [5.41, 5.74) is 6.40. The monoisotopic (exact) mass is 286 g/mol. The molecule has 1 aromatic rings. The summed E-state index contributed by atoms with van der Waals surface area (Å²) >= 11 is 7.63. The highest BCUT2D eigenvalue weighted by Crippen LogP contribution is 2.15. The van der Waals surface area contributed by atoms with Gasteiger partial charge in [0.2, 0.25) is 5.91 Å². The molecule has 1 rings (SSSR count). The van der Waals surface area contributed by atoms with E-state index in [1.54, 1.807) is 11.8 Å². The molecule has 0 spiro atoms. The van der Waals surface area contributed by atoms with Crippen LogP contribution in [-0.2, 0) is 11.3 Å². The molecule has 0 bridgehead atoms. The van der Waals surface area contributed by atoms with E-state index in [4.69, 9.17) is 17.3 Å². The average molecular weight is 287 g/mol. The van der Waals surface area contributed by atoms with E-state index in [-0.39, 0.29) is 5.91 Å². The molecule has 18 heavy (non-hydrogen) atoms. The van der Waals surface area contributed by atoms with Gasteiger partial charge in [-0.25, -0.2) is 0 Å². The second kappa shape index (κ2) is 8.40. The summed E-state index contributed by atoms with van der Waals surface area (Å²) in [6.45, 7) is 3.22. The molecule has 3 nitrogen and oxygen atoms in total. The number of amides is 1. The van der Waals surface area contributed by atoms with Crippen molar-refractivity contribution in [2.75, 3.05) is 12.3 Å². The van der Waals surface area contributed by atoms with Crippen molar-refractivity contribution in [1.82, 2.24) is 5.32 Å². The zero-order valence-corrected chi connectivity index (χ0v) is 12.1. The van der Waals surface area contributed by atoms with Gasteiger partial charge >= 0.3 is 0 Å². The molecular formula is C13H19ClN2OS. The summed E-state index contributed by atoms with van der Waals surface area (Å²) in [5, 5.41) is 3.96. The van der Waals surface area contributed by atoms with Gasteiger partial charge in [-0.15, -0.1) is 11.8 Å². The topological polar surface area (TPSA) is 55.1 Å². The normalized spacial score (nSPS) is 12.2. The van der Waals surface area contributed by atoms with Crippen LogP contribution in [0, 0.1) is 0 Å². The molecule has 0 aliphatic rings. The number of benzene rings is 1. The molecule has 1 aromatic carbocycles. The van der Waals surface area contributed by atoms with Crippen LogP contribution in [0.2, 0.25) is 5.02 Å². The lowest BCUT2D eigenvalue weighted by Crippen LogP contribution is -2.25. The van der Waals surface area contributed by atoms with Crippen molar-refractivity contribution in [2.45, 2.75) is 25.1 Å². The molecule has 0 aliphatic carbocycles. The van der Waals surface area contributed by atoms with E-state index in [2.05, 4.69) is 12.2 Å². The van der Waals surface area contributed by atoms with Crippen LogP contribution in [-0.4, -0.2) is 23.5 Å². The molecule has 0 heterocycles. The van der Waals surface area contributed by atoms with Gasteiger partial charge in [-0.2, -0.15) is 0 Å². The maximum atomic E-state index is 11.6. The lowest BCUT2D eigenvalue weighted by molar-refractivity contribution is -0.118. The molecule has 3 N–H and O–H groups in total. The van der Waals surface area contributed by atoms with E-state index < -0.39 is 0 Å². The third-order valence-electron chi connectivity index (χ3n) is 2.51. The Kier molecular flexibility index (Phi) is 7.16. The van der Waals surface area contributed by atoms with Crippen molar-refractivity contribution >= 4 is 29.3 Å². The van der Waals surface area contributed by atoms with Crippen LogP contribution in [0.3, 0.4) is 0 Å². The molecule has 0 aliphatic heterocycles. The highest BCUT2D eigenvalue weighted by Gasteiger charge is 2.07. The number of carbonyl (C=O) groups excluding carboxylic acids is 1. The van der Waals surface area contributed by atoms with E-state index in [1.807, 2.05) is 24.3 Å². The maximum absolute atomic E-state index is 11.6. The summed E-state index contributed by atoms with van der Waals surface area (Å²) < 4.78 is 0. The van der Waals surface area contributed by atoms with Crippen LogP contribution in [0.4, 0.5) is 0 Å². The Labute approximate surface area is 117 Å². The second-order valence-electron chi connectivity index (χ2n) is 4.07. The molecule has 5 heteroatoms. The SMILES string of the molecule is CC(CCN)SCC(=O)NCc1ccccc1Cl. The highest BCUT2D eigenvalue weighted by molar-refractivity contribution is 8.00. The standard InChI is InChI=1S/C13H19ClN2OS/c1-10(6-7-15)18-9-13(17)16-8-11-4-2-3-5-12(11)14/h2-5,10H,6-9,15H2,1H3,(H,16,17). The molecule has 100 valence electrons. The summed E-state index contributed by atoms with van der Waals surface area (Å²) in [5.74, 6) is 0.495. The third-order valence-corrected chi connectivity index (χ3v) is 4.11. The van der Waals surface area contributed by atoms with Gasteiger partial charge in [-0.1, -0.05) is 36.7 Å². The highest BCUT2D eigenvalue weighted by atomic mass is 35.5. The molecule has 0 saturated carbocycles. The number of hydrogen-bond acceptors (Lipinski definition) is 3. The summed E-state index contributed by atoms with van der Waals surface area (Å²) in [4.78, 5) is 11.6. The van der Waals surface area contributed by atoms with Gasteiger partial charge < -0.3 is 11.1 Å². The Morgan fingerprint density at radius 1 is 1.50 bits per heavy atom. The Balaban J connectivity index is 2.27. The van der Waals surface area contributed by atoms with Crippen molar-refractivity contribution < 1.29 is 4.79 Å². The number of nitrogens with one attached hydrogen (secondary N) is 1. The first kappa shape index (κ1) is 15.3. The molecule has 0 radical (unpaired) electrons. The van der Waals surface area contributed by atoms with Crippen LogP contribution in [0.25, 0.3) is 0 Å². The number of rotatable bonds is 7. The number of thioether (sulfide) groups is 1. The molecular weight excluding hydrogens is 268 g/mol. The summed E-state index contributed by atoms with van der Waals surface area (Å²) in [6.07, 6.45) is 0.933. The minimum Gasteiger partial charge on any atom is -0.351 e. The van der Waals surface area contributed by atoms with Crippen molar-refractivity contribution in [3.05, 3.63) is 34.9 Å². The number of nitrogens with two attached hydrogens (primary N) is 1. The Bertz CT molecular complexity index is 387. The van der Waals surface area contributed by atoms with E-state index in [0.29, 0.717) is 29.1 Å². The summed E-state index contributed by atoms with van der Waals surface area (Å²) in [7, 11) is 0. The predicted molar refractivity (Wildman–Crippen MR) is 78.9 cm³/mol. The van der Waals surface area contributed by atoms with Gasteiger partial charge in [0, 0.05) is 16.8 Å². The Morgan fingerprint density at radius 3 is 2.89 bits per heavy atom. The minimum atomic E-state index is 0.0313. The first-order chi connectivity index (χ1) is 8.63. The average Bonchev–Trinajstić information content (AvgIpc) is 2.36. The zero-order chi connectivity index (χ0) is 13.4. The lowest BCUT2D eigenvalue weighted by atomic mass is 10.2. The van der Waals surface area contributed by atoms with Gasteiger partial charge in [0.25, 0.3) is 0 Å². The van der Waals surface area contributed by atoms with Crippen LogP contribution in [0.1, 0.15) is 18.9 Å². The fraction of sp³-hybridized carbons (Fsp3) is 0.462. The van der Waals surface area contributed by atoms with E-state index in [0.717, 1.165) is 12.0 Å². The zero-order valence-electron chi connectivity index (χ0n) is 10.5. The molecule has 0 aromatic heterocycles. The van der Waals surface area contributed by atoms with E-state index in [1.165, 1.54) is 0 Å². The van der Waals surface area contributed by atoms with Gasteiger partial charge in [-0.05, 0) is 24.6 Å². The van der Waals surface area contributed by atoms with Crippen LogP contribution < -0.4 is 11.1 Å². The Morgan fingerprint density at radius 2 is 2.22 bits per heavy atom. The number of halogens is 1. The van der Waals surface area contributed by atoms with Gasteiger partial charge in [0.15, 0.2) is 0 Å². The number of carbonyl (C=O) groups is 1. The first-order valence-electron chi connectivity index (χ1n) is 5.95. The van der Waals surface area contributed by atoms with Crippen LogP contribution in [0.5, 0.6) is 0 Å². The van der Waals surface area contributed by atoms with E-state index in [9.17, 15) is 4.79 Å².